The van der Waals surface area contributed by atoms with E-state index in [0.29, 0.717) is 16.3 Å². The Kier molecular flexibility index (Phi) is 6.74. The van der Waals surface area contributed by atoms with Crippen LogP contribution >= 0.6 is 11.6 Å². The SMILES string of the molecule is COC(=O)[C@H](Cc1cccc(Cl)c1)NC(=O)c1cccc(NC(C)=O)c1. The molecule has 2 aromatic rings. The van der Waals surface area contributed by atoms with Crippen LogP contribution in [0.3, 0.4) is 0 Å². The van der Waals surface area contributed by atoms with E-state index in [1.54, 1.807) is 36.4 Å². The summed E-state index contributed by atoms with van der Waals surface area (Å²) in [6.45, 7) is 1.38. The van der Waals surface area contributed by atoms with Crippen molar-refractivity contribution in [1.29, 1.82) is 0 Å². The minimum absolute atomic E-state index is 0.240. The smallest absolute Gasteiger partial charge is 0.328 e. The maximum absolute atomic E-state index is 12.5. The number of hydrogen-bond donors (Lipinski definition) is 2. The fourth-order valence-electron chi connectivity index (χ4n) is 2.42. The van der Waals surface area contributed by atoms with Crippen LogP contribution in [-0.4, -0.2) is 30.9 Å². The van der Waals surface area contributed by atoms with Crippen molar-refractivity contribution in [3.05, 3.63) is 64.7 Å². The standard InChI is InChI=1S/C19H19ClN2O4/c1-12(23)21-16-8-4-6-14(11-16)18(24)22-17(19(25)26-2)10-13-5-3-7-15(20)9-13/h3-9,11,17H,10H2,1-2H3,(H,21,23)(H,22,24)/t17-/m0/s1. The number of nitrogens with one attached hydrogen (secondary N) is 2. The highest BCUT2D eigenvalue weighted by Gasteiger charge is 2.23. The monoisotopic (exact) mass is 374 g/mol. The zero-order valence-corrected chi connectivity index (χ0v) is 15.2. The van der Waals surface area contributed by atoms with E-state index in [0.717, 1.165) is 5.56 Å². The zero-order valence-electron chi connectivity index (χ0n) is 14.4. The van der Waals surface area contributed by atoms with Gasteiger partial charge in [0.2, 0.25) is 5.91 Å². The van der Waals surface area contributed by atoms with Crippen LogP contribution in [0.4, 0.5) is 5.69 Å². The van der Waals surface area contributed by atoms with Crippen molar-refractivity contribution in [1.82, 2.24) is 5.32 Å². The lowest BCUT2D eigenvalue weighted by Gasteiger charge is -2.17. The lowest BCUT2D eigenvalue weighted by molar-refractivity contribution is -0.142. The lowest BCUT2D eigenvalue weighted by Crippen LogP contribution is -2.43. The molecule has 0 radical (unpaired) electrons. The normalized spacial score (nSPS) is 11.3. The molecule has 0 aromatic heterocycles. The summed E-state index contributed by atoms with van der Waals surface area (Å²) >= 11 is 5.96. The molecule has 2 aromatic carbocycles. The first-order valence-electron chi connectivity index (χ1n) is 7.90. The van der Waals surface area contributed by atoms with E-state index in [2.05, 4.69) is 10.6 Å². The molecule has 0 unspecified atom stereocenters. The fraction of sp³-hybridized carbons (Fsp3) is 0.211. The summed E-state index contributed by atoms with van der Waals surface area (Å²) in [5.41, 5.74) is 1.60. The molecular formula is C19H19ClN2O4. The fourth-order valence-corrected chi connectivity index (χ4v) is 2.63. The molecule has 7 heteroatoms. The Labute approximate surface area is 156 Å². The molecule has 0 aliphatic rings. The van der Waals surface area contributed by atoms with Gasteiger partial charge < -0.3 is 15.4 Å². The second-order valence-electron chi connectivity index (χ2n) is 5.65. The van der Waals surface area contributed by atoms with E-state index in [1.165, 1.54) is 20.1 Å². The second-order valence-corrected chi connectivity index (χ2v) is 6.08. The highest BCUT2D eigenvalue weighted by molar-refractivity contribution is 6.30. The number of benzene rings is 2. The highest BCUT2D eigenvalue weighted by Crippen LogP contribution is 2.14. The number of anilines is 1. The lowest BCUT2D eigenvalue weighted by atomic mass is 10.1. The first kappa shape index (κ1) is 19.5. The molecule has 2 N–H and O–H groups in total. The molecule has 0 aliphatic carbocycles. The Bertz CT molecular complexity index is 823. The molecule has 0 fully saturated rings. The second kappa shape index (κ2) is 9.01. The van der Waals surface area contributed by atoms with Crippen molar-refractivity contribution in [2.75, 3.05) is 12.4 Å². The van der Waals surface area contributed by atoms with Gasteiger partial charge in [-0.1, -0.05) is 29.8 Å². The quantitative estimate of drug-likeness (QED) is 0.761. The average Bonchev–Trinajstić information content (AvgIpc) is 2.60. The maximum Gasteiger partial charge on any atom is 0.328 e. The van der Waals surface area contributed by atoms with Crippen LogP contribution in [0.2, 0.25) is 5.02 Å². The van der Waals surface area contributed by atoms with Gasteiger partial charge in [-0.2, -0.15) is 0 Å². The Morgan fingerprint density at radius 3 is 2.50 bits per heavy atom. The Hall–Kier alpha value is -2.86. The average molecular weight is 375 g/mol. The van der Waals surface area contributed by atoms with E-state index in [4.69, 9.17) is 16.3 Å². The third-order valence-electron chi connectivity index (χ3n) is 3.57. The van der Waals surface area contributed by atoms with Crippen LogP contribution in [0.5, 0.6) is 0 Å². The summed E-state index contributed by atoms with van der Waals surface area (Å²) in [5, 5.41) is 5.81. The van der Waals surface area contributed by atoms with Crippen LogP contribution in [0, 0.1) is 0 Å². The van der Waals surface area contributed by atoms with E-state index in [9.17, 15) is 14.4 Å². The van der Waals surface area contributed by atoms with Crippen molar-refractivity contribution in [3.8, 4) is 0 Å². The van der Waals surface area contributed by atoms with Crippen LogP contribution < -0.4 is 10.6 Å². The topological polar surface area (TPSA) is 84.5 Å². The molecule has 0 saturated carbocycles. The molecule has 0 spiro atoms. The van der Waals surface area contributed by atoms with Crippen molar-refractivity contribution < 1.29 is 19.1 Å². The molecule has 0 aliphatic heterocycles. The minimum Gasteiger partial charge on any atom is -0.467 e. The van der Waals surface area contributed by atoms with Crippen LogP contribution in [0.25, 0.3) is 0 Å². The Morgan fingerprint density at radius 2 is 1.85 bits per heavy atom. The van der Waals surface area contributed by atoms with Crippen LogP contribution in [0.1, 0.15) is 22.8 Å². The number of carbonyl (C=O) groups is 3. The van der Waals surface area contributed by atoms with Gasteiger partial charge >= 0.3 is 5.97 Å². The number of ether oxygens (including phenoxy) is 1. The van der Waals surface area contributed by atoms with E-state index in [-0.39, 0.29) is 12.3 Å². The van der Waals surface area contributed by atoms with Gasteiger partial charge in [0.1, 0.15) is 6.04 Å². The Morgan fingerprint density at radius 1 is 1.12 bits per heavy atom. The Balaban J connectivity index is 2.16. The van der Waals surface area contributed by atoms with Gasteiger partial charge in [-0.15, -0.1) is 0 Å². The van der Waals surface area contributed by atoms with Crippen molar-refractivity contribution in [3.63, 3.8) is 0 Å². The third-order valence-corrected chi connectivity index (χ3v) is 3.80. The molecular weight excluding hydrogens is 356 g/mol. The molecule has 0 bridgehead atoms. The van der Waals surface area contributed by atoms with Crippen molar-refractivity contribution in [2.45, 2.75) is 19.4 Å². The minimum atomic E-state index is -0.865. The number of halogens is 1. The van der Waals surface area contributed by atoms with Crippen molar-refractivity contribution in [2.24, 2.45) is 0 Å². The highest BCUT2D eigenvalue weighted by atomic mass is 35.5. The van der Waals surface area contributed by atoms with E-state index in [1.807, 2.05) is 6.07 Å². The maximum atomic E-state index is 12.5. The molecule has 6 nitrogen and oxygen atoms in total. The van der Waals surface area contributed by atoms with Gasteiger partial charge in [0.25, 0.3) is 5.91 Å². The summed E-state index contributed by atoms with van der Waals surface area (Å²) in [5.74, 6) is -1.25. The summed E-state index contributed by atoms with van der Waals surface area (Å²) in [4.78, 5) is 35.7. The summed E-state index contributed by atoms with van der Waals surface area (Å²) < 4.78 is 4.78. The summed E-state index contributed by atoms with van der Waals surface area (Å²) in [7, 11) is 1.26. The first-order valence-corrected chi connectivity index (χ1v) is 8.27. The van der Waals surface area contributed by atoms with Gasteiger partial charge in [0.15, 0.2) is 0 Å². The zero-order chi connectivity index (χ0) is 19.1. The molecule has 1 atom stereocenters. The number of carbonyl (C=O) groups excluding carboxylic acids is 3. The molecule has 0 heterocycles. The molecule has 26 heavy (non-hydrogen) atoms. The van der Waals surface area contributed by atoms with E-state index < -0.39 is 17.9 Å². The predicted molar refractivity (Wildman–Crippen MR) is 99.2 cm³/mol. The summed E-state index contributed by atoms with van der Waals surface area (Å²) in [6, 6.07) is 12.6. The number of rotatable bonds is 6. The molecule has 2 rings (SSSR count). The number of esters is 1. The van der Waals surface area contributed by atoms with Gasteiger partial charge in [0.05, 0.1) is 7.11 Å². The van der Waals surface area contributed by atoms with Crippen LogP contribution in [0.15, 0.2) is 48.5 Å². The predicted octanol–water partition coefficient (Wildman–Crippen LogP) is 2.81. The first-order chi connectivity index (χ1) is 12.4. The van der Waals surface area contributed by atoms with Gasteiger partial charge in [-0.3, -0.25) is 9.59 Å². The number of amides is 2. The third kappa shape index (κ3) is 5.60. The summed E-state index contributed by atoms with van der Waals surface area (Å²) in [6.07, 6.45) is 0.240. The molecule has 2 amide bonds. The number of hydrogen-bond acceptors (Lipinski definition) is 4. The molecule has 0 saturated heterocycles. The van der Waals surface area contributed by atoms with Gasteiger partial charge in [-0.05, 0) is 35.9 Å². The van der Waals surface area contributed by atoms with E-state index >= 15 is 0 Å². The largest absolute Gasteiger partial charge is 0.467 e. The van der Waals surface area contributed by atoms with Gasteiger partial charge in [0, 0.05) is 29.6 Å². The molecule has 136 valence electrons. The van der Waals surface area contributed by atoms with Crippen molar-refractivity contribution >= 4 is 35.1 Å². The van der Waals surface area contributed by atoms with Crippen LogP contribution in [-0.2, 0) is 20.7 Å². The number of methoxy groups -OCH3 is 1. The van der Waals surface area contributed by atoms with Gasteiger partial charge in [-0.25, -0.2) is 4.79 Å².